The van der Waals surface area contributed by atoms with Gasteiger partial charge in [-0.05, 0) is 55.2 Å². The van der Waals surface area contributed by atoms with Gasteiger partial charge in [0.1, 0.15) is 21.8 Å². The molecule has 0 N–H and O–H groups in total. The first-order chi connectivity index (χ1) is 17.7. The van der Waals surface area contributed by atoms with Gasteiger partial charge in [0.2, 0.25) is 0 Å². The molecule has 0 bridgehead atoms. The lowest BCUT2D eigenvalue weighted by atomic mass is 9.91. The SMILES string of the molecule is CCCn1c(N2CC(C)CC(C)C2)c(/C=C2\SC(=S)N(CCc3ccccc3)C2=O)c(C)c(C#N)c1=O. The molecule has 2 unspecified atom stereocenters. The van der Waals surface area contributed by atoms with Crippen molar-refractivity contribution in [1.82, 2.24) is 9.47 Å². The smallest absolute Gasteiger partial charge is 0.270 e. The van der Waals surface area contributed by atoms with Crippen molar-refractivity contribution in [2.45, 2.75) is 53.5 Å². The molecule has 2 aliphatic heterocycles. The molecule has 2 saturated heterocycles. The van der Waals surface area contributed by atoms with Crippen molar-refractivity contribution in [1.29, 1.82) is 5.26 Å². The molecule has 0 saturated carbocycles. The fourth-order valence-electron chi connectivity index (χ4n) is 5.46. The van der Waals surface area contributed by atoms with E-state index in [1.165, 1.54) is 11.8 Å². The molecule has 2 fully saturated rings. The number of amides is 1. The molecule has 6 nitrogen and oxygen atoms in total. The molecule has 2 aliphatic rings. The molecule has 0 spiro atoms. The Labute approximate surface area is 229 Å². The number of thiocarbonyl (C=S) groups is 1. The van der Waals surface area contributed by atoms with Gasteiger partial charge in [0, 0.05) is 31.7 Å². The first kappa shape index (κ1) is 27.2. The highest BCUT2D eigenvalue weighted by atomic mass is 32.2. The number of pyridine rings is 1. The summed E-state index contributed by atoms with van der Waals surface area (Å²) < 4.78 is 2.28. The van der Waals surface area contributed by atoms with Crippen LogP contribution in [0.1, 0.15) is 55.9 Å². The second-order valence-corrected chi connectivity index (χ2v) is 11.9. The van der Waals surface area contributed by atoms with Crippen LogP contribution in [0.3, 0.4) is 0 Å². The molecular formula is C29H34N4O2S2. The predicted octanol–water partition coefficient (Wildman–Crippen LogP) is 5.36. The van der Waals surface area contributed by atoms with E-state index in [4.69, 9.17) is 12.2 Å². The Morgan fingerprint density at radius 2 is 1.81 bits per heavy atom. The second kappa shape index (κ2) is 11.7. The number of nitrogens with zero attached hydrogens (tertiary/aromatic N) is 4. The maximum atomic E-state index is 13.5. The summed E-state index contributed by atoms with van der Waals surface area (Å²) in [6.07, 6.45) is 4.48. The lowest BCUT2D eigenvalue weighted by Crippen LogP contribution is -2.43. The quantitative estimate of drug-likeness (QED) is 0.352. The van der Waals surface area contributed by atoms with Crippen molar-refractivity contribution in [3.63, 3.8) is 0 Å². The van der Waals surface area contributed by atoms with Gasteiger partial charge in [-0.25, -0.2) is 0 Å². The summed E-state index contributed by atoms with van der Waals surface area (Å²) >= 11 is 6.89. The maximum Gasteiger partial charge on any atom is 0.270 e. The van der Waals surface area contributed by atoms with Gasteiger partial charge in [-0.2, -0.15) is 5.26 Å². The largest absolute Gasteiger partial charge is 0.357 e. The van der Waals surface area contributed by atoms with Gasteiger partial charge in [0.05, 0.1) is 4.91 Å². The molecule has 37 heavy (non-hydrogen) atoms. The Morgan fingerprint density at radius 3 is 2.43 bits per heavy atom. The zero-order valence-corrected chi connectivity index (χ0v) is 23.6. The molecule has 2 aromatic rings. The zero-order chi connectivity index (χ0) is 26.7. The van der Waals surface area contributed by atoms with E-state index in [1.807, 2.05) is 50.3 Å². The van der Waals surface area contributed by atoms with Crippen molar-refractivity contribution in [2.24, 2.45) is 11.8 Å². The number of rotatable bonds is 7. The van der Waals surface area contributed by atoms with Crippen molar-refractivity contribution < 1.29 is 4.79 Å². The van der Waals surface area contributed by atoms with Crippen LogP contribution < -0.4 is 10.5 Å². The van der Waals surface area contributed by atoms with Gasteiger partial charge in [0.15, 0.2) is 0 Å². The maximum absolute atomic E-state index is 13.5. The van der Waals surface area contributed by atoms with Crippen LogP contribution in [-0.4, -0.2) is 39.3 Å². The number of carbonyl (C=O) groups is 1. The molecule has 1 aromatic heterocycles. The number of nitriles is 1. The number of hydrogen-bond acceptors (Lipinski definition) is 6. The number of piperidine rings is 1. The van der Waals surface area contributed by atoms with Crippen molar-refractivity contribution in [2.75, 3.05) is 24.5 Å². The molecule has 0 aliphatic carbocycles. The van der Waals surface area contributed by atoms with Crippen LogP contribution in [0.2, 0.25) is 0 Å². The Morgan fingerprint density at radius 1 is 1.14 bits per heavy atom. The first-order valence-electron chi connectivity index (χ1n) is 13.0. The minimum absolute atomic E-state index is 0.122. The summed E-state index contributed by atoms with van der Waals surface area (Å²) in [6, 6.07) is 12.2. The summed E-state index contributed by atoms with van der Waals surface area (Å²) in [7, 11) is 0. The summed E-state index contributed by atoms with van der Waals surface area (Å²) in [6.45, 7) is 11.0. The van der Waals surface area contributed by atoms with Gasteiger partial charge >= 0.3 is 0 Å². The molecule has 194 valence electrons. The monoisotopic (exact) mass is 534 g/mol. The summed E-state index contributed by atoms with van der Waals surface area (Å²) in [5, 5.41) is 9.88. The third-order valence-electron chi connectivity index (χ3n) is 7.08. The van der Waals surface area contributed by atoms with E-state index >= 15 is 0 Å². The summed E-state index contributed by atoms with van der Waals surface area (Å²) in [5.41, 5.74) is 2.43. The van der Waals surface area contributed by atoms with Crippen LogP contribution >= 0.6 is 24.0 Å². The summed E-state index contributed by atoms with van der Waals surface area (Å²) in [5.74, 6) is 1.66. The fourth-order valence-corrected chi connectivity index (χ4v) is 6.75. The van der Waals surface area contributed by atoms with Gasteiger partial charge < -0.3 is 4.90 Å². The highest BCUT2D eigenvalue weighted by Gasteiger charge is 2.34. The Hall–Kier alpha value is -2.89. The number of thioether (sulfide) groups is 1. The van der Waals surface area contributed by atoms with E-state index in [0.717, 1.165) is 42.9 Å². The third kappa shape index (κ3) is 5.68. The van der Waals surface area contributed by atoms with E-state index in [9.17, 15) is 14.9 Å². The number of aromatic nitrogens is 1. The van der Waals surface area contributed by atoms with Crippen LogP contribution in [-0.2, 0) is 17.8 Å². The second-order valence-electron chi connectivity index (χ2n) is 10.2. The minimum Gasteiger partial charge on any atom is -0.357 e. The molecule has 4 rings (SSSR count). The van der Waals surface area contributed by atoms with Gasteiger partial charge in [-0.1, -0.05) is 75.1 Å². The molecular weight excluding hydrogens is 500 g/mol. The van der Waals surface area contributed by atoms with E-state index < -0.39 is 0 Å². The summed E-state index contributed by atoms with van der Waals surface area (Å²) in [4.78, 5) is 31.4. The fraction of sp³-hybridized carbons (Fsp3) is 0.448. The number of hydrogen-bond donors (Lipinski definition) is 0. The molecule has 2 atom stereocenters. The first-order valence-corrected chi connectivity index (χ1v) is 14.2. The van der Waals surface area contributed by atoms with Gasteiger partial charge in [-0.3, -0.25) is 19.1 Å². The standard InChI is InChI=1S/C29H34N4O2S2/c1-5-12-32-26(31-17-19(2)14-20(3)18-31)23(21(4)24(16-30)27(32)34)15-25-28(35)33(29(36)37-25)13-11-22-9-7-6-8-10-22/h6-10,15,19-20H,5,11-14,17-18H2,1-4H3/b25-15-. The molecule has 1 aromatic carbocycles. The van der Waals surface area contributed by atoms with Gasteiger partial charge in [0.25, 0.3) is 11.5 Å². The van der Waals surface area contributed by atoms with Crippen LogP contribution in [0.15, 0.2) is 40.0 Å². The predicted molar refractivity (Wildman–Crippen MR) is 156 cm³/mol. The van der Waals surface area contributed by atoms with E-state index in [0.29, 0.717) is 46.1 Å². The van der Waals surface area contributed by atoms with Crippen molar-refractivity contribution in [3.05, 3.63) is 67.8 Å². The van der Waals surface area contributed by atoms with Crippen LogP contribution in [0, 0.1) is 30.1 Å². The minimum atomic E-state index is -0.254. The van der Waals surface area contributed by atoms with Crippen LogP contribution in [0.4, 0.5) is 5.82 Å². The molecule has 1 amide bonds. The molecule has 0 radical (unpaired) electrons. The van der Waals surface area contributed by atoms with Crippen LogP contribution in [0.5, 0.6) is 0 Å². The van der Waals surface area contributed by atoms with Crippen molar-refractivity contribution in [3.8, 4) is 6.07 Å². The van der Waals surface area contributed by atoms with E-state index in [1.54, 1.807) is 9.47 Å². The Balaban J connectivity index is 1.78. The lowest BCUT2D eigenvalue weighted by molar-refractivity contribution is -0.122. The molecule has 3 heterocycles. The van der Waals surface area contributed by atoms with Gasteiger partial charge in [-0.15, -0.1) is 0 Å². The highest BCUT2D eigenvalue weighted by molar-refractivity contribution is 8.26. The zero-order valence-electron chi connectivity index (χ0n) is 22.0. The Bertz CT molecular complexity index is 1320. The third-order valence-corrected chi connectivity index (χ3v) is 8.46. The topological polar surface area (TPSA) is 69.3 Å². The average Bonchev–Trinajstić information content (AvgIpc) is 3.13. The average molecular weight is 535 g/mol. The number of benzene rings is 1. The molecule has 8 heteroatoms. The van der Waals surface area contributed by atoms with E-state index in [2.05, 4.69) is 24.8 Å². The number of anilines is 1. The lowest BCUT2D eigenvalue weighted by Gasteiger charge is -2.39. The Kier molecular flexibility index (Phi) is 8.56. The van der Waals surface area contributed by atoms with Crippen LogP contribution in [0.25, 0.3) is 6.08 Å². The normalized spacial score (nSPS) is 21.1. The van der Waals surface area contributed by atoms with E-state index in [-0.39, 0.29) is 17.0 Å². The van der Waals surface area contributed by atoms with Crippen molar-refractivity contribution >= 4 is 46.1 Å². The highest BCUT2D eigenvalue weighted by Crippen LogP contribution is 2.37. The number of carbonyl (C=O) groups excluding carboxylic acids is 1.